The van der Waals surface area contributed by atoms with E-state index in [1.54, 1.807) is 35.2 Å². The molecule has 9 heteroatoms. The zero-order valence-corrected chi connectivity index (χ0v) is 15.2. The van der Waals surface area contributed by atoms with Gasteiger partial charge < -0.3 is 15.4 Å². The van der Waals surface area contributed by atoms with Gasteiger partial charge in [-0.1, -0.05) is 35.9 Å². The minimum Gasteiger partial charge on any atom is -0.420 e. The average molecular weight is 413 g/mol. The largest absolute Gasteiger partial charge is 0.491 e. The van der Waals surface area contributed by atoms with E-state index >= 15 is 0 Å². The van der Waals surface area contributed by atoms with E-state index in [9.17, 15) is 22.8 Å². The number of nitrogens with two attached hydrogens (primary N) is 1. The van der Waals surface area contributed by atoms with Gasteiger partial charge in [-0.3, -0.25) is 4.79 Å². The number of halogens is 4. The van der Waals surface area contributed by atoms with Gasteiger partial charge >= 0.3 is 12.1 Å². The Morgan fingerprint density at radius 1 is 1.18 bits per heavy atom. The third-order valence-electron chi connectivity index (χ3n) is 4.37. The number of carbonyl (C=O) groups is 2. The molecule has 1 saturated heterocycles. The van der Waals surface area contributed by atoms with Crippen LogP contribution in [0.15, 0.2) is 48.5 Å². The van der Waals surface area contributed by atoms with Gasteiger partial charge in [0, 0.05) is 11.6 Å². The molecule has 2 aromatic carbocycles. The summed E-state index contributed by atoms with van der Waals surface area (Å²) in [5.41, 5.74) is 6.96. The number of amides is 1. The zero-order valence-electron chi connectivity index (χ0n) is 14.4. The Balaban J connectivity index is 2.00. The van der Waals surface area contributed by atoms with Gasteiger partial charge in [-0.15, -0.1) is 0 Å². The summed E-state index contributed by atoms with van der Waals surface area (Å²) in [6.45, 7) is 0.379. The summed E-state index contributed by atoms with van der Waals surface area (Å²) in [6, 6.07) is 11.1. The molecule has 0 radical (unpaired) electrons. The quantitative estimate of drug-likeness (QED) is 0.616. The number of carbonyl (C=O) groups excluding carboxylic acids is 2. The lowest BCUT2D eigenvalue weighted by molar-refractivity contribution is -0.189. The van der Waals surface area contributed by atoms with Crippen molar-refractivity contribution in [1.82, 2.24) is 4.90 Å². The molecule has 1 fully saturated rings. The lowest BCUT2D eigenvalue weighted by Crippen LogP contribution is -2.37. The Labute approximate surface area is 163 Å². The molecule has 2 N–H and O–H groups in total. The maximum Gasteiger partial charge on any atom is 0.491 e. The predicted molar refractivity (Wildman–Crippen MR) is 95.7 cm³/mol. The predicted octanol–water partition coefficient (Wildman–Crippen LogP) is 3.46. The first-order chi connectivity index (χ1) is 13.2. The van der Waals surface area contributed by atoms with Crippen molar-refractivity contribution < 1.29 is 27.5 Å². The smallest absolute Gasteiger partial charge is 0.420 e. The van der Waals surface area contributed by atoms with Crippen molar-refractivity contribution in [2.75, 3.05) is 6.54 Å². The molecule has 1 aliphatic heterocycles. The summed E-state index contributed by atoms with van der Waals surface area (Å²) in [7, 11) is 0. The van der Waals surface area contributed by atoms with Crippen LogP contribution in [0, 0.1) is 0 Å². The number of benzene rings is 2. The maximum absolute atomic E-state index is 12.5. The molecule has 0 bridgehead atoms. The van der Waals surface area contributed by atoms with Crippen LogP contribution in [0.4, 0.5) is 13.2 Å². The van der Waals surface area contributed by atoms with Crippen LogP contribution < -0.4 is 10.5 Å². The minimum absolute atomic E-state index is 0.275. The maximum atomic E-state index is 12.5. The van der Waals surface area contributed by atoms with Crippen molar-refractivity contribution in [2.45, 2.75) is 24.7 Å². The third kappa shape index (κ3) is 4.28. The number of nitrogens with zero attached hydrogens (tertiary/aromatic N) is 1. The van der Waals surface area contributed by atoms with Gasteiger partial charge in [0.15, 0.2) is 0 Å². The topological polar surface area (TPSA) is 72.6 Å². The van der Waals surface area contributed by atoms with Gasteiger partial charge in [-0.2, -0.15) is 13.2 Å². The van der Waals surface area contributed by atoms with E-state index in [2.05, 4.69) is 4.74 Å². The second kappa shape index (κ2) is 7.81. The second-order valence-corrected chi connectivity index (χ2v) is 6.78. The number of hydrogen-bond donors (Lipinski definition) is 1. The molecule has 5 nitrogen and oxygen atoms in total. The van der Waals surface area contributed by atoms with Gasteiger partial charge in [0.25, 0.3) is 0 Å². The van der Waals surface area contributed by atoms with Crippen molar-refractivity contribution in [2.24, 2.45) is 5.73 Å². The molecule has 0 spiro atoms. The molecular weight excluding hydrogens is 397 g/mol. The van der Waals surface area contributed by atoms with Crippen molar-refractivity contribution in [3.05, 3.63) is 64.7 Å². The van der Waals surface area contributed by atoms with Gasteiger partial charge in [-0.25, -0.2) is 4.79 Å². The summed E-state index contributed by atoms with van der Waals surface area (Å²) in [5, 5.41) is 0.443. The van der Waals surface area contributed by atoms with Crippen molar-refractivity contribution in [3.63, 3.8) is 0 Å². The first kappa shape index (κ1) is 20.2. The highest BCUT2D eigenvalue weighted by Gasteiger charge is 2.41. The van der Waals surface area contributed by atoms with E-state index in [-0.39, 0.29) is 11.7 Å². The monoisotopic (exact) mass is 412 g/mol. The summed E-state index contributed by atoms with van der Waals surface area (Å²) in [5.74, 6) is -2.87. The first-order valence-electron chi connectivity index (χ1n) is 8.37. The fourth-order valence-electron chi connectivity index (χ4n) is 3.12. The van der Waals surface area contributed by atoms with Crippen molar-refractivity contribution in [3.8, 4) is 5.75 Å². The van der Waals surface area contributed by atoms with Crippen LogP contribution in [0.3, 0.4) is 0 Å². The van der Waals surface area contributed by atoms with E-state index in [4.69, 9.17) is 17.3 Å². The Hall–Kier alpha value is -2.58. The average Bonchev–Trinajstić information content (AvgIpc) is 2.94. The van der Waals surface area contributed by atoms with E-state index in [1.165, 1.54) is 18.2 Å². The van der Waals surface area contributed by atoms with E-state index in [0.717, 1.165) is 0 Å². The number of ether oxygens (including phenoxy) is 1. The van der Waals surface area contributed by atoms with Crippen LogP contribution in [0.25, 0.3) is 0 Å². The summed E-state index contributed by atoms with van der Waals surface area (Å²) < 4.78 is 41.9. The summed E-state index contributed by atoms with van der Waals surface area (Å²) in [4.78, 5) is 25.2. The summed E-state index contributed by atoms with van der Waals surface area (Å²) >= 11 is 6.08. The van der Waals surface area contributed by atoms with Gasteiger partial charge in [0.2, 0.25) is 5.91 Å². The fourth-order valence-corrected chi connectivity index (χ4v) is 3.32. The Morgan fingerprint density at radius 2 is 1.82 bits per heavy atom. The normalized spacial score (nSPS) is 18.2. The van der Waals surface area contributed by atoms with E-state index < -0.39 is 24.2 Å². The molecule has 28 heavy (non-hydrogen) atoms. The first-order valence-corrected chi connectivity index (χ1v) is 8.75. The lowest BCUT2D eigenvalue weighted by Gasteiger charge is -2.29. The molecule has 0 aromatic heterocycles. The Kier molecular flexibility index (Phi) is 5.62. The molecule has 0 aliphatic carbocycles. The number of likely N-dealkylation sites (tertiary alicyclic amines) is 1. The van der Waals surface area contributed by atoms with Crippen molar-refractivity contribution in [1.29, 1.82) is 0 Å². The second-order valence-electron chi connectivity index (χ2n) is 6.34. The number of hydrogen-bond acceptors (Lipinski definition) is 4. The van der Waals surface area contributed by atoms with Crippen LogP contribution in [0.2, 0.25) is 5.02 Å². The van der Waals surface area contributed by atoms with E-state index in [0.29, 0.717) is 29.1 Å². The Morgan fingerprint density at radius 3 is 2.39 bits per heavy atom. The zero-order chi connectivity index (χ0) is 20.5. The molecule has 0 saturated carbocycles. The van der Waals surface area contributed by atoms with Gasteiger partial charge in [0.1, 0.15) is 5.75 Å². The van der Waals surface area contributed by atoms with Crippen molar-refractivity contribution >= 4 is 23.5 Å². The number of rotatable bonds is 4. The molecule has 148 valence electrons. The van der Waals surface area contributed by atoms with Crippen LogP contribution >= 0.6 is 11.6 Å². The molecule has 1 unspecified atom stereocenters. The van der Waals surface area contributed by atoms with Crippen LogP contribution in [-0.2, 0) is 9.59 Å². The standard InChI is InChI=1S/C19H16ClF3N2O3/c20-13-5-1-3-11(9-13)16(25-8-7-15(24)17(25)26)12-4-2-6-14(10-12)28-18(27)19(21,22)23/h1-6,9-10,15-16H,7-8,24H2/t15-,16?/m0/s1. The Bertz CT molecular complexity index is 904. The summed E-state index contributed by atoms with van der Waals surface area (Å²) in [6.07, 6.45) is -4.65. The van der Waals surface area contributed by atoms with Crippen LogP contribution in [-0.4, -0.2) is 35.5 Å². The molecule has 3 rings (SSSR count). The highest BCUT2D eigenvalue weighted by molar-refractivity contribution is 6.30. The van der Waals surface area contributed by atoms with Crippen LogP contribution in [0.1, 0.15) is 23.6 Å². The van der Waals surface area contributed by atoms with Gasteiger partial charge in [0.05, 0.1) is 12.1 Å². The third-order valence-corrected chi connectivity index (χ3v) is 4.61. The molecule has 2 aromatic rings. The molecular formula is C19H16ClF3N2O3. The SMILES string of the molecule is N[C@H]1CCN(C(c2cccc(Cl)c2)c2cccc(OC(=O)C(F)(F)F)c2)C1=O. The molecule has 1 aliphatic rings. The molecule has 2 atom stereocenters. The van der Waals surface area contributed by atoms with Crippen LogP contribution in [0.5, 0.6) is 5.75 Å². The lowest BCUT2D eigenvalue weighted by atomic mass is 9.97. The number of esters is 1. The molecule has 1 heterocycles. The minimum atomic E-state index is -5.11. The molecule has 1 amide bonds. The highest BCUT2D eigenvalue weighted by atomic mass is 35.5. The van der Waals surface area contributed by atoms with Gasteiger partial charge in [-0.05, 0) is 41.8 Å². The number of alkyl halides is 3. The fraction of sp³-hybridized carbons (Fsp3) is 0.263. The van der Waals surface area contributed by atoms with E-state index in [1.807, 2.05) is 0 Å². The highest BCUT2D eigenvalue weighted by Crippen LogP contribution is 2.35.